The van der Waals surface area contributed by atoms with Crippen LogP contribution in [0.1, 0.15) is 32.6 Å². The molecule has 2 unspecified atom stereocenters. The fourth-order valence-electron chi connectivity index (χ4n) is 3.01. The van der Waals surface area contributed by atoms with Gasteiger partial charge >= 0.3 is 0 Å². The number of nitrogens with zero attached hydrogens (tertiary/aromatic N) is 2. The molecule has 0 bridgehead atoms. The first-order chi connectivity index (χ1) is 7.77. The molecular weight excluding hydrogens is 198 g/mol. The number of hydrogen-bond acceptors (Lipinski definition) is 3. The van der Waals surface area contributed by atoms with E-state index in [0.29, 0.717) is 0 Å². The van der Waals surface area contributed by atoms with Gasteiger partial charge in [-0.1, -0.05) is 0 Å². The van der Waals surface area contributed by atoms with E-state index in [2.05, 4.69) is 29.1 Å². The van der Waals surface area contributed by atoms with Gasteiger partial charge in [0.05, 0.1) is 0 Å². The number of hydrogen-bond donors (Lipinski definition) is 1. The molecular formula is C13H27N3. The molecule has 3 nitrogen and oxygen atoms in total. The minimum Gasteiger partial charge on any atom is -0.317 e. The highest BCUT2D eigenvalue weighted by Crippen LogP contribution is 2.21. The Labute approximate surface area is 100 Å². The van der Waals surface area contributed by atoms with E-state index in [1.807, 2.05) is 0 Å². The second-order valence-electron chi connectivity index (χ2n) is 5.50. The Hall–Kier alpha value is -0.120. The van der Waals surface area contributed by atoms with Crippen molar-refractivity contribution in [2.45, 2.75) is 44.7 Å². The molecule has 2 heterocycles. The summed E-state index contributed by atoms with van der Waals surface area (Å²) in [5, 5.41) is 3.49. The van der Waals surface area contributed by atoms with Crippen molar-refractivity contribution in [3.8, 4) is 0 Å². The smallest absolute Gasteiger partial charge is 0.0122 e. The average molecular weight is 225 g/mol. The van der Waals surface area contributed by atoms with Gasteiger partial charge in [0.1, 0.15) is 0 Å². The minimum atomic E-state index is 0.766. The zero-order valence-electron chi connectivity index (χ0n) is 10.9. The lowest BCUT2D eigenvalue weighted by Gasteiger charge is -2.41. The molecule has 2 aliphatic heterocycles. The third-order valence-electron chi connectivity index (χ3n) is 4.29. The molecule has 1 N–H and O–H groups in total. The molecule has 0 aliphatic carbocycles. The molecule has 2 rings (SSSR count). The van der Waals surface area contributed by atoms with Crippen molar-refractivity contribution in [3.63, 3.8) is 0 Å². The standard InChI is InChI=1S/C13H27N3/c1-12-11-13(5-10-15(12)2)16-8-3-6-14-7-4-9-16/h12-14H,3-11H2,1-2H3. The zero-order chi connectivity index (χ0) is 11.4. The molecule has 2 atom stereocenters. The van der Waals surface area contributed by atoms with Crippen molar-refractivity contribution in [1.82, 2.24) is 15.1 Å². The lowest BCUT2D eigenvalue weighted by atomic mass is 9.97. The van der Waals surface area contributed by atoms with Gasteiger partial charge in [0.2, 0.25) is 0 Å². The summed E-state index contributed by atoms with van der Waals surface area (Å²) in [6.07, 6.45) is 5.37. The van der Waals surface area contributed by atoms with Gasteiger partial charge in [0.15, 0.2) is 0 Å². The summed E-state index contributed by atoms with van der Waals surface area (Å²) in [6.45, 7) is 8.66. The van der Waals surface area contributed by atoms with E-state index < -0.39 is 0 Å². The van der Waals surface area contributed by atoms with Gasteiger partial charge in [-0.3, -0.25) is 0 Å². The Balaban J connectivity index is 1.85. The first kappa shape index (κ1) is 12.3. The molecule has 3 heteroatoms. The van der Waals surface area contributed by atoms with Crippen LogP contribution in [-0.4, -0.2) is 61.7 Å². The third kappa shape index (κ3) is 3.19. The fourth-order valence-corrected chi connectivity index (χ4v) is 3.01. The molecule has 2 fully saturated rings. The Bertz CT molecular complexity index is 197. The molecule has 0 saturated carbocycles. The van der Waals surface area contributed by atoms with Crippen LogP contribution in [0.4, 0.5) is 0 Å². The number of piperidine rings is 1. The van der Waals surface area contributed by atoms with Crippen LogP contribution in [0.5, 0.6) is 0 Å². The summed E-state index contributed by atoms with van der Waals surface area (Å²) in [5.74, 6) is 0. The van der Waals surface area contributed by atoms with Crippen molar-refractivity contribution < 1.29 is 0 Å². The molecule has 16 heavy (non-hydrogen) atoms. The second-order valence-corrected chi connectivity index (χ2v) is 5.50. The minimum absolute atomic E-state index is 0.766. The van der Waals surface area contributed by atoms with E-state index in [1.165, 1.54) is 58.4 Å². The average Bonchev–Trinajstić information content (AvgIpc) is 2.22. The monoisotopic (exact) mass is 225 g/mol. The maximum atomic E-state index is 3.49. The van der Waals surface area contributed by atoms with E-state index in [9.17, 15) is 0 Å². The van der Waals surface area contributed by atoms with E-state index >= 15 is 0 Å². The molecule has 2 aliphatic rings. The Morgan fingerprint density at radius 1 is 1.06 bits per heavy atom. The molecule has 0 spiro atoms. The van der Waals surface area contributed by atoms with Gasteiger partial charge < -0.3 is 15.1 Å². The van der Waals surface area contributed by atoms with E-state index in [0.717, 1.165) is 12.1 Å². The van der Waals surface area contributed by atoms with Gasteiger partial charge in [-0.15, -0.1) is 0 Å². The first-order valence-corrected chi connectivity index (χ1v) is 6.92. The van der Waals surface area contributed by atoms with E-state index in [1.54, 1.807) is 0 Å². The van der Waals surface area contributed by atoms with Crippen LogP contribution < -0.4 is 5.32 Å². The molecule has 0 aromatic rings. The Morgan fingerprint density at radius 2 is 1.75 bits per heavy atom. The highest BCUT2D eigenvalue weighted by atomic mass is 15.2. The predicted octanol–water partition coefficient (Wildman–Crippen LogP) is 1.15. The van der Waals surface area contributed by atoms with Crippen LogP contribution >= 0.6 is 0 Å². The van der Waals surface area contributed by atoms with Gasteiger partial charge in [0.25, 0.3) is 0 Å². The summed E-state index contributed by atoms with van der Waals surface area (Å²) in [4.78, 5) is 5.26. The first-order valence-electron chi connectivity index (χ1n) is 6.92. The fraction of sp³-hybridized carbons (Fsp3) is 1.00. The van der Waals surface area contributed by atoms with Crippen LogP contribution in [-0.2, 0) is 0 Å². The number of rotatable bonds is 1. The van der Waals surface area contributed by atoms with Crippen LogP contribution in [0.25, 0.3) is 0 Å². The molecule has 0 aromatic carbocycles. The third-order valence-corrected chi connectivity index (χ3v) is 4.29. The van der Waals surface area contributed by atoms with Gasteiger partial charge in [0, 0.05) is 12.1 Å². The van der Waals surface area contributed by atoms with Crippen LogP contribution in [0.15, 0.2) is 0 Å². The summed E-state index contributed by atoms with van der Waals surface area (Å²) in [5.41, 5.74) is 0. The van der Waals surface area contributed by atoms with Crippen LogP contribution in [0.2, 0.25) is 0 Å². The molecule has 0 amide bonds. The largest absolute Gasteiger partial charge is 0.317 e. The van der Waals surface area contributed by atoms with E-state index in [-0.39, 0.29) is 0 Å². The van der Waals surface area contributed by atoms with Crippen LogP contribution in [0, 0.1) is 0 Å². The maximum absolute atomic E-state index is 3.49. The summed E-state index contributed by atoms with van der Waals surface area (Å²) < 4.78 is 0. The molecule has 2 saturated heterocycles. The van der Waals surface area contributed by atoms with Crippen molar-refractivity contribution in [2.75, 3.05) is 39.8 Å². The molecule has 0 aromatic heterocycles. The number of nitrogens with one attached hydrogen (secondary N) is 1. The van der Waals surface area contributed by atoms with Crippen molar-refractivity contribution in [3.05, 3.63) is 0 Å². The highest BCUT2D eigenvalue weighted by molar-refractivity contribution is 4.84. The van der Waals surface area contributed by atoms with Gasteiger partial charge in [-0.2, -0.15) is 0 Å². The molecule has 0 radical (unpaired) electrons. The normalized spacial score (nSPS) is 35.6. The van der Waals surface area contributed by atoms with Crippen molar-refractivity contribution >= 4 is 0 Å². The van der Waals surface area contributed by atoms with Crippen molar-refractivity contribution in [1.29, 1.82) is 0 Å². The van der Waals surface area contributed by atoms with Gasteiger partial charge in [-0.05, 0) is 72.4 Å². The van der Waals surface area contributed by atoms with Crippen LogP contribution in [0.3, 0.4) is 0 Å². The number of likely N-dealkylation sites (tertiary alicyclic amines) is 1. The maximum Gasteiger partial charge on any atom is 0.0122 e. The van der Waals surface area contributed by atoms with Gasteiger partial charge in [-0.25, -0.2) is 0 Å². The highest BCUT2D eigenvalue weighted by Gasteiger charge is 2.27. The lowest BCUT2D eigenvalue weighted by Crippen LogP contribution is -2.49. The molecule has 94 valence electrons. The summed E-state index contributed by atoms with van der Waals surface area (Å²) >= 11 is 0. The lowest BCUT2D eigenvalue weighted by molar-refractivity contribution is 0.0834. The van der Waals surface area contributed by atoms with E-state index in [4.69, 9.17) is 0 Å². The Kier molecular flexibility index (Phi) is 4.62. The second kappa shape index (κ2) is 5.99. The topological polar surface area (TPSA) is 18.5 Å². The zero-order valence-corrected chi connectivity index (χ0v) is 10.9. The quantitative estimate of drug-likeness (QED) is 0.722. The summed E-state index contributed by atoms with van der Waals surface area (Å²) in [6, 6.07) is 1.62. The Morgan fingerprint density at radius 3 is 2.38 bits per heavy atom. The summed E-state index contributed by atoms with van der Waals surface area (Å²) in [7, 11) is 2.26. The SMILES string of the molecule is CC1CC(N2CCCNCCC2)CCN1C. The van der Waals surface area contributed by atoms with Crippen molar-refractivity contribution in [2.24, 2.45) is 0 Å². The predicted molar refractivity (Wildman–Crippen MR) is 68.8 cm³/mol.